The molecule has 5 heteroatoms. The van der Waals surface area contributed by atoms with Gasteiger partial charge in [-0.3, -0.25) is 0 Å². The molecular formula is C21H25ClFNO2. The third kappa shape index (κ3) is 3.85. The number of hydrogen-bond donors (Lipinski definition) is 0. The molecule has 0 bridgehead atoms. The van der Waals surface area contributed by atoms with E-state index in [4.69, 9.17) is 9.47 Å². The second-order valence-electron chi connectivity index (χ2n) is 6.67. The van der Waals surface area contributed by atoms with Crippen molar-refractivity contribution in [2.24, 2.45) is 5.92 Å². The molecule has 1 heterocycles. The Morgan fingerprint density at radius 1 is 1.08 bits per heavy atom. The highest BCUT2D eigenvalue weighted by Crippen LogP contribution is 2.33. The molecule has 0 unspecified atom stereocenters. The first-order chi connectivity index (χ1) is 12.0. The number of halogens is 2. The van der Waals surface area contributed by atoms with E-state index in [2.05, 4.69) is 30.6 Å². The second kappa shape index (κ2) is 8.54. The average molecular weight is 378 g/mol. The fourth-order valence-electron chi connectivity index (χ4n) is 3.59. The van der Waals surface area contributed by atoms with Crippen LogP contribution in [0.15, 0.2) is 36.4 Å². The molecule has 3 nitrogen and oxygen atoms in total. The van der Waals surface area contributed by atoms with E-state index >= 15 is 0 Å². The standard InChI is InChI=1S/C21H25FNO2.ClH/c1-14(2)21-17-12-20(25-4)19(24-3)11-15(17)9-10-23(21)13-16-7-5-6-8-18(16)22;/h5-8,11-12,14H,9-10,13H2,1-4H3;1H/q+1;/p-1. The number of hydrogen-bond acceptors (Lipinski definition) is 2. The molecule has 1 aliphatic heterocycles. The summed E-state index contributed by atoms with van der Waals surface area (Å²) in [6.07, 6.45) is 0.903. The normalized spacial score (nSPS) is 13.3. The number of fused-ring (bicyclic) bond motifs is 1. The van der Waals surface area contributed by atoms with Gasteiger partial charge in [0.25, 0.3) is 0 Å². The molecule has 1 aliphatic rings. The maximum atomic E-state index is 14.1. The van der Waals surface area contributed by atoms with Crippen LogP contribution < -0.4 is 21.9 Å². The Morgan fingerprint density at radius 2 is 1.73 bits per heavy atom. The first-order valence-electron chi connectivity index (χ1n) is 8.65. The van der Waals surface area contributed by atoms with Crippen LogP contribution in [0, 0.1) is 11.7 Å². The highest BCUT2D eigenvalue weighted by molar-refractivity contribution is 6.00. The van der Waals surface area contributed by atoms with Gasteiger partial charge in [0.1, 0.15) is 12.4 Å². The lowest BCUT2D eigenvalue weighted by atomic mass is 9.90. The summed E-state index contributed by atoms with van der Waals surface area (Å²) >= 11 is 0. The van der Waals surface area contributed by atoms with Gasteiger partial charge < -0.3 is 21.9 Å². The Labute approximate surface area is 160 Å². The molecule has 2 aromatic carbocycles. The van der Waals surface area contributed by atoms with Crippen LogP contribution in [-0.2, 0) is 13.0 Å². The third-order valence-electron chi connectivity index (χ3n) is 4.74. The monoisotopic (exact) mass is 377 g/mol. The Kier molecular flexibility index (Phi) is 6.65. The quantitative estimate of drug-likeness (QED) is 0.727. The minimum absolute atomic E-state index is 0. The fourth-order valence-corrected chi connectivity index (χ4v) is 3.59. The van der Waals surface area contributed by atoms with Crippen molar-refractivity contribution in [2.45, 2.75) is 26.8 Å². The molecule has 0 spiro atoms. The minimum atomic E-state index is -0.149. The lowest BCUT2D eigenvalue weighted by Crippen LogP contribution is -3.00. The highest BCUT2D eigenvalue weighted by Gasteiger charge is 2.30. The predicted octanol–water partition coefficient (Wildman–Crippen LogP) is 1.06. The molecule has 140 valence electrons. The first kappa shape index (κ1) is 20.2. The molecule has 0 N–H and O–H groups in total. The maximum absolute atomic E-state index is 14.1. The van der Waals surface area contributed by atoms with E-state index in [-0.39, 0.29) is 18.2 Å². The van der Waals surface area contributed by atoms with Gasteiger partial charge in [-0.05, 0) is 29.8 Å². The van der Waals surface area contributed by atoms with Crippen molar-refractivity contribution in [1.29, 1.82) is 0 Å². The molecule has 0 saturated carbocycles. The predicted molar refractivity (Wildman–Crippen MR) is 97.4 cm³/mol. The summed E-state index contributed by atoms with van der Waals surface area (Å²) in [7, 11) is 3.31. The van der Waals surface area contributed by atoms with E-state index in [1.54, 1.807) is 20.3 Å². The molecule has 0 radical (unpaired) electrons. The molecule has 0 aliphatic carbocycles. The second-order valence-corrected chi connectivity index (χ2v) is 6.67. The average Bonchev–Trinajstić information content (AvgIpc) is 2.61. The van der Waals surface area contributed by atoms with Gasteiger partial charge >= 0.3 is 0 Å². The molecular weight excluding hydrogens is 353 g/mol. The Balaban J connectivity index is 0.00000243. The lowest BCUT2D eigenvalue weighted by molar-refractivity contribution is -0.547. The van der Waals surface area contributed by atoms with Gasteiger partial charge in [-0.15, -0.1) is 0 Å². The van der Waals surface area contributed by atoms with Crippen molar-refractivity contribution < 1.29 is 30.8 Å². The van der Waals surface area contributed by atoms with E-state index in [0.717, 1.165) is 30.0 Å². The zero-order valence-corrected chi connectivity index (χ0v) is 16.4. The molecule has 0 saturated heterocycles. The van der Waals surface area contributed by atoms with Crippen molar-refractivity contribution in [3.05, 3.63) is 58.9 Å². The summed E-state index contributed by atoms with van der Waals surface area (Å²) in [5.74, 6) is 1.66. The summed E-state index contributed by atoms with van der Waals surface area (Å²) in [6.45, 7) is 5.79. The van der Waals surface area contributed by atoms with Gasteiger partial charge in [-0.2, -0.15) is 0 Å². The Bertz CT molecular complexity index is 818. The summed E-state index contributed by atoms with van der Waals surface area (Å²) < 4.78 is 27.3. The third-order valence-corrected chi connectivity index (χ3v) is 4.74. The van der Waals surface area contributed by atoms with Crippen molar-refractivity contribution in [3.63, 3.8) is 0 Å². The van der Waals surface area contributed by atoms with E-state index in [1.165, 1.54) is 22.9 Å². The van der Waals surface area contributed by atoms with Crippen molar-refractivity contribution >= 4 is 5.71 Å². The topological polar surface area (TPSA) is 21.5 Å². The Hall–Kier alpha value is -2.07. The molecule has 0 fully saturated rings. The van der Waals surface area contributed by atoms with Crippen LogP contribution in [0.25, 0.3) is 0 Å². The molecule has 2 aromatic rings. The van der Waals surface area contributed by atoms with Gasteiger partial charge in [0, 0.05) is 17.9 Å². The zero-order chi connectivity index (χ0) is 18.0. The number of rotatable bonds is 5. The molecule has 3 rings (SSSR count). The summed E-state index contributed by atoms with van der Waals surface area (Å²) in [6, 6.07) is 11.1. The van der Waals surface area contributed by atoms with Crippen LogP contribution in [0.2, 0.25) is 0 Å². The van der Waals surface area contributed by atoms with Crippen LogP contribution in [0.5, 0.6) is 11.5 Å². The van der Waals surface area contributed by atoms with E-state index in [0.29, 0.717) is 12.5 Å². The van der Waals surface area contributed by atoms with Gasteiger partial charge in [0.2, 0.25) is 0 Å². The van der Waals surface area contributed by atoms with E-state index in [1.807, 2.05) is 12.1 Å². The zero-order valence-electron chi connectivity index (χ0n) is 15.7. The van der Waals surface area contributed by atoms with Gasteiger partial charge in [0.15, 0.2) is 23.8 Å². The van der Waals surface area contributed by atoms with Gasteiger partial charge in [-0.25, -0.2) is 8.97 Å². The van der Waals surface area contributed by atoms with Crippen molar-refractivity contribution in [1.82, 2.24) is 0 Å². The van der Waals surface area contributed by atoms with Crippen LogP contribution in [0.4, 0.5) is 4.39 Å². The van der Waals surface area contributed by atoms with Crippen LogP contribution in [0.1, 0.15) is 30.5 Å². The number of ether oxygens (including phenoxy) is 2. The van der Waals surface area contributed by atoms with Gasteiger partial charge in [-0.1, -0.05) is 26.0 Å². The number of methoxy groups -OCH3 is 2. The maximum Gasteiger partial charge on any atom is 0.186 e. The van der Waals surface area contributed by atoms with Crippen LogP contribution >= 0.6 is 0 Å². The highest BCUT2D eigenvalue weighted by atomic mass is 35.5. The van der Waals surface area contributed by atoms with E-state index < -0.39 is 0 Å². The Morgan fingerprint density at radius 3 is 2.35 bits per heavy atom. The van der Waals surface area contributed by atoms with Crippen molar-refractivity contribution in [3.8, 4) is 11.5 Å². The summed E-state index contributed by atoms with van der Waals surface area (Å²) in [5, 5.41) is 0. The summed E-state index contributed by atoms with van der Waals surface area (Å²) in [5.41, 5.74) is 4.39. The smallest absolute Gasteiger partial charge is 0.186 e. The van der Waals surface area contributed by atoms with Crippen LogP contribution in [0.3, 0.4) is 0 Å². The van der Waals surface area contributed by atoms with Crippen molar-refractivity contribution in [2.75, 3.05) is 20.8 Å². The van der Waals surface area contributed by atoms with E-state index in [9.17, 15) is 4.39 Å². The van der Waals surface area contributed by atoms with Gasteiger partial charge in [0.05, 0.1) is 19.8 Å². The molecule has 26 heavy (non-hydrogen) atoms. The number of benzene rings is 2. The lowest BCUT2D eigenvalue weighted by Gasteiger charge is -2.22. The molecule has 0 aromatic heterocycles. The fraction of sp³-hybridized carbons (Fsp3) is 0.381. The first-order valence-corrected chi connectivity index (χ1v) is 8.65. The largest absolute Gasteiger partial charge is 1.00 e. The van der Waals surface area contributed by atoms with Crippen LogP contribution in [-0.4, -0.2) is 31.1 Å². The molecule has 0 atom stereocenters. The molecule has 0 amide bonds. The summed E-state index contributed by atoms with van der Waals surface area (Å²) in [4.78, 5) is 0. The SMILES string of the molecule is COc1cc2c(cc1OC)C(C(C)C)=[N+](Cc1ccccc1F)CC2.[Cl-]. The minimum Gasteiger partial charge on any atom is -1.00 e. The number of nitrogens with zero attached hydrogens (tertiary/aromatic N) is 1.